The molecular formula is C20H22FNO. The van der Waals surface area contributed by atoms with Crippen molar-refractivity contribution in [1.29, 1.82) is 0 Å². The highest BCUT2D eigenvalue weighted by atomic mass is 19.1. The smallest absolute Gasteiger partial charge is 0.123 e. The average molecular weight is 311 g/mol. The van der Waals surface area contributed by atoms with Gasteiger partial charge in [0.25, 0.3) is 0 Å². The monoisotopic (exact) mass is 311 g/mol. The first-order valence-corrected chi connectivity index (χ1v) is 8.45. The fourth-order valence-electron chi connectivity index (χ4n) is 4.03. The summed E-state index contributed by atoms with van der Waals surface area (Å²) in [6.45, 7) is 4.10. The van der Waals surface area contributed by atoms with Crippen molar-refractivity contribution >= 4 is 5.69 Å². The first kappa shape index (κ1) is 14.7. The highest BCUT2D eigenvalue weighted by Gasteiger charge is 2.30. The number of hydrogen-bond acceptors (Lipinski definition) is 2. The molecule has 0 saturated heterocycles. The summed E-state index contributed by atoms with van der Waals surface area (Å²) >= 11 is 0. The Labute approximate surface area is 136 Å². The summed E-state index contributed by atoms with van der Waals surface area (Å²) in [4.78, 5) is 2.49. The number of nitrogens with zero attached hydrogens (tertiary/aromatic N) is 1. The number of anilines is 1. The molecule has 0 aromatic heterocycles. The lowest BCUT2D eigenvalue weighted by Gasteiger charge is -2.38. The van der Waals surface area contributed by atoms with Crippen molar-refractivity contribution in [3.05, 3.63) is 64.5 Å². The van der Waals surface area contributed by atoms with Crippen LogP contribution >= 0.6 is 0 Å². The number of hydrogen-bond donors (Lipinski definition) is 1. The molecule has 120 valence electrons. The normalized spacial score (nSPS) is 19.2. The molecule has 2 aliphatic rings. The Kier molecular flexibility index (Phi) is 3.42. The zero-order valence-electron chi connectivity index (χ0n) is 13.5. The lowest BCUT2D eigenvalue weighted by atomic mass is 9.82. The molecule has 4 rings (SSSR count). The van der Waals surface area contributed by atoms with E-state index in [1.807, 2.05) is 0 Å². The maximum atomic E-state index is 13.2. The Morgan fingerprint density at radius 1 is 0.957 bits per heavy atom. The van der Waals surface area contributed by atoms with E-state index in [1.165, 1.54) is 41.8 Å². The van der Waals surface area contributed by atoms with Gasteiger partial charge in [-0.05, 0) is 67.0 Å². The minimum atomic E-state index is -1.10. The molecule has 2 nitrogen and oxygen atoms in total. The molecule has 2 aliphatic heterocycles. The molecule has 2 aromatic rings. The molecule has 2 aromatic carbocycles. The van der Waals surface area contributed by atoms with E-state index in [0.29, 0.717) is 0 Å². The Hall–Kier alpha value is -1.87. The zero-order valence-corrected chi connectivity index (χ0v) is 13.5. The van der Waals surface area contributed by atoms with Crippen LogP contribution in [0.1, 0.15) is 42.0 Å². The van der Waals surface area contributed by atoms with Gasteiger partial charge in [0.1, 0.15) is 11.4 Å². The molecule has 0 aliphatic carbocycles. The van der Waals surface area contributed by atoms with Crippen LogP contribution in [-0.4, -0.2) is 18.2 Å². The molecule has 0 radical (unpaired) electrons. The minimum absolute atomic E-state index is 0.277. The highest BCUT2D eigenvalue weighted by molar-refractivity contribution is 5.65. The molecule has 0 spiro atoms. The standard InChI is InChI=1S/C20H22FNO/c1-20(23,16-6-8-18(21)9-7-16)17-12-14-4-2-10-22-11-3-5-15(13-17)19(14)22/h6-9,12-13,23H,2-5,10-11H2,1H3. The van der Waals surface area contributed by atoms with E-state index in [1.54, 1.807) is 19.1 Å². The minimum Gasteiger partial charge on any atom is -0.381 e. The van der Waals surface area contributed by atoms with Gasteiger partial charge in [-0.3, -0.25) is 0 Å². The quantitative estimate of drug-likeness (QED) is 0.912. The first-order valence-electron chi connectivity index (χ1n) is 8.45. The molecule has 2 heterocycles. The average Bonchev–Trinajstić information content (AvgIpc) is 2.56. The van der Waals surface area contributed by atoms with Crippen LogP contribution < -0.4 is 4.90 Å². The van der Waals surface area contributed by atoms with Crippen LogP contribution in [0.25, 0.3) is 0 Å². The molecule has 3 heteroatoms. The zero-order chi connectivity index (χ0) is 16.0. The van der Waals surface area contributed by atoms with Crippen molar-refractivity contribution in [2.45, 2.75) is 38.2 Å². The van der Waals surface area contributed by atoms with Crippen molar-refractivity contribution < 1.29 is 9.50 Å². The summed E-state index contributed by atoms with van der Waals surface area (Å²) in [6, 6.07) is 10.5. The highest BCUT2D eigenvalue weighted by Crippen LogP contribution is 2.39. The third kappa shape index (κ3) is 2.43. The maximum Gasteiger partial charge on any atom is 0.123 e. The van der Waals surface area contributed by atoms with Gasteiger partial charge in [0.15, 0.2) is 0 Å². The van der Waals surface area contributed by atoms with Crippen LogP contribution in [0.4, 0.5) is 10.1 Å². The third-order valence-electron chi connectivity index (χ3n) is 5.30. The SMILES string of the molecule is CC(O)(c1ccc(F)cc1)c1cc2c3c(c1)CCCN3CCC2. The van der Waals surface area contributed by atoms with Gasteiger partial charge < -0.3 is 10.0 Å². The topological polar surface area (TPSA) is 23.5 Å². The molecule has 23 heavy (non-hydrogen) atoms. The molecule has 0 saturated carbocycles. The molecule has 0 fully saturated rings. The summed E-state index contributed by atoms with van der Waals surface area (Å²) in [6.07, 6.45) is 4.50. The Balaban J connectivity index is 1.81. The number of rotatable bonds is 2. The van der Waals surface area contributed by atoms with Crippen LogP contribution in [-0.2, 0) is 18.4 Å². The van der Waals surface area contributed by atoms with Crippen LogP contribution in [0.3, 0.4) is 0 Å². The number of halogens is 1. The molecule has 0 amide bonds. The van der Waals surface area contributed by atoms with Gasteiger partial charge in [0.2, 0.25) is 0 Å². The van der Waals surface area contributed by atoms with Gasteiger partial charge >= 0.3 is 0 Å². The molecule has 1 N–H and O–H groups in total. The lowest BCUT2D eigenvalue weighted by Crippen LogP contribution is -2.35. The van der Waals surface area contributed by atoms with Gasteiger partial charge in [-0.25, -0.2) is 4.39 Å². The van der Waals surface area contributed by atoms with Crippen LogP contribution in [0.2, 0.25) is 0 Å². The summed E-state index contributed by atoms with van der Waals surface area (Å²) < 4.78 is 13.2. The van der Waals surface area contributed by atoms with E-state index in [9.17, 15) is 9.50 Å². The number of aliphatic hydroxyl groups is 1. The summed E-state index contributed by atoms with van der Waals surface area (Å²) in [5.41, 5.74) is 4.66. The van der Waals surface area contributed by atoms with Crippen LogP contribution in [0.5, 0.6) is 0 Å². The van der Waals surface area contributed by atoms with E-state index >= 15 is 0 Å². The van der Waals surface area contributed by atoms with Gasteiger partial charge in [-0.2, -0.15) is 0 Å². The van der Waals surface area contributed by atoms with Crippen LogP contribution in [0, 0.1) is 5.82 Å². The molecule has 0 bridgehead atoms. The summed E-state index contributed by atoms with van der Waals surface area (Å²) in [7, 11) is 0. The second kappa shape index (κ2) is 5.34. The lowest BCUT2D eigenvalue weighted by molar-refractivity contribution is 0.102. The van der Waals surface area contributed by atoms with E-state index in [0.717, 1.165) is 37.1 Å². The second-order valence-corrected chi connectivity index (χ2v) is 6.92. The van der Waals surface area contributed by atoms with E-state index in [2.05, 4.69) is 17.0 Å². The second-order valence-electron chi connectivity index (χ2n) is 6.92. The van der Waals surface area contributed by atoms with E-state index in [4.69, 9.17) is 0 Å². The van der Waals surface area contributed by atoms with Crippen LogP contribution in [0.15, 0.2) is 36.4 Å². The molecule has 1 atom stereocenters. The van der Waals surface area contributed by atoms with Crippen molar-refractivity contribution in [3.63, 3.8) is 0 Å². The fraction of sp³-hybridized carbons (Fsp3) is 0.400. The van der Waals surface area contributed by atoms with E-state index in [-0.39, 0.29) is 5.82 Å². The Morgan fingerprint density at radius 3 is 2.09 bits per heavy atom. The number of aryl methyl sites for hydroxylation is 2. The number of benzene rings is 2. The first-order chi connectivity index (χ1) is 11.1. The maximum absolute atomic E-state index is 13.2. The van der Waals surface area contributed by atoms with Gasteiger partial charge in [-0.1, -0.05) is 24.3 Å². The van der Waals surface area contributed by atoms with Gasteiger partial charge in [0, 0.05) is 18.8 Å². The van der Waals surface area contributed by atoms with Crippen molar-refractivity contribution in [2.24, 2.45) is 0 Å². The van der Waals surface area contributed by atoms with Gasteiger partial charge in [-0.15, -0.1) is 0 Å². The van der Waals surface area contributed by atoms with Crippen molar-refractivity contribution in [2.75, 3.05) is 18.0 Å². The summed E-state index contributed by atoms with van der Waals surface area (Å²) in [5, 5.41) is 11.1. The third-order valence-corrected chi connectivity index (χ3v) is 5.30. The predicted molar refractivity (Wildman–Crippen MR) is 90.4 cm³/mol. The van der Waals surface area contributed by atoms with Crippen molar-refractivity contribution in [1.82, 2.24) is 0 Å². The largest absolute Gasteiger partial charge is 0.381 e. The fourth-order valence-corrected chi connectivity index (χ4v) is 4.03. The van der Waals surface area contributed by atoms with Gasteiger partial charge in [0.05, 0.1) is 0 Å². The molecule has 1 unspecified atom stereocenters. The summed E-state index contributed by atoms with van der Waals surface area (Å²) in [5.74, 6) is -0.277. The Bertz CT molecular complexity index is 705. The predicted octanol–water partition coefficient (Wildman–Crippen LogP) is 3.78. The van der Waals surface area contributed by atoms with E-state index < -0.39 is 5.60 Å². The molecular weight excluding hydrogens is 289 g/mol. The Morgan fingerprint density at radius 2 is 1.52 bits per heavy atom. The van der Waals surface area contributed by atoms with Crippen molar-refractivity contribution in [3.8, 4) is 0 Å².